The van der Waals surface area contributed by atoms with Gasteiger partial charge in [-0.2, -0.15) is 0 Å². The maximum absolute atomic E-state index is 5.71. The van der Waals surface area contributed by atoms with Gasteiger partial charge in [-0.3, -0.25) is 0 Å². The zero-order valence-electron chi connectivity index (χ0n) is 9.73. The Bertz CT molecular complexity index is 282. The molecule has 0 bridgehead atoms. The van der Waals surface area contributed by atoms with E-state index in [4.69, 9.17) is 10.5 Å². The van der Waals surface area contributed by atoms with Gasteiger partial charge in [0.25, 0.3) is 0 Å². The summed E-state index contributed by atoms with van der Waals surface area (Å²) < 4.78 is 5.11. The van der Waals surface area contributed by atoms with Crippen molar-refractivity contribution in [1.82, 2.24) is 4.90 Å². The summed E-state index contributed by atoms with van der Waals surface area (Å²) in [5.74, 6) is 0.896. The molecule has 0 fully saturated rings. The van der Waals surface area contributed by atoms with Crippen molar-refractivity contribution in [1.29, 1.82) is 0 Å². The van der Waals surface area contributed by atoms with Crippen molar-refractivity contribution in [2.24, 2.45) is 5.73 Å². The number of nitrogens with two attached hydrogens (primary N) is 1. The van der Waals surface area contributed by atoms with Gasteiger partial charge >= 0.3 is 0 Å². The number of ether oxygens (including phenoxy) is 1. The maximum atomic E-state index is 5.71. The third-order valence-corrected chi connectivity index (χ3v) is 2.63. The minimum Gasteiger partial charge on any atom is -0.497 e. The molecule has 0 aliphatic heterocycles. The molecular formula is C12H20N2O. The highest BCUT2D eigenvalue weighted by molar-refractivity contribution is 5.27. The SMILES string of the molecule is COc1ccc(CC(CN)N(C)C)cc1. The summed E-state index contributed by atoms with van der Waals surface area (Å²) in [6.45, 7) is 0.680. The van der Waals surface area contributed by atoms with E-state index < -0.39 is 0 Å². The van der Waals surface area contributed by atoms with Crippen molar-refractivity contribution in [2.45, 2.75) is 12.5 Å². The third kappa shape index (κ3) is 3.53. The van der Waals surface area contributed by atoms with Gasteiger partial charge in [-0.15, -0.1) is 0 Å². The number of hydrogen-bond acceptors (Lipinski definition) is 3. The van der Waals surface area contributed by atoms with E-state index in [2.05, 4.69) is 31.1 Å². The molecule has 84 valence electrons. The highest BCUT2D eigenvalue weighted by Crippen LogP contribution is 2.13. The van der Waals surface area contributed by atoms with Gasteiger partial charge in [0, 0.05) is 12.6 Å². The van der Waals surface area contributed by atoms with E-state index >= 15 is 0 Å². The molecule has 1 unspecified atom stereocenters. The molecule has 0 aliphatic rings. The Kier molecular flexibility index (Phi) is 4.59. The minimum absolute atomic E-state index is 0.401. The topological polar surface area (TPSA) is 38.5 Å². The molecule has 0 aliphatic carbocycles. The first-order chi connectivity index (χ1) is 7.17. The third-order valence-electron chi connectivity index (χ3n) is 2.63. The predicted octanol–water partition coefficient (Wildman–Crippen LogP) is 1.13. The monoisotopic (exact) mass is 208 g/mol. The first-order valence-corrected chi connectivity index (χ1v) is 5.16. The molecule has 0 spiro atoms. The molecule has 3 heteroatoms. The Morgan fingerprint density at radius 2 is 1.87 bits per heavy atom. The summed E-state index contributed by atoms with van der Waals surface area (Å²) in [4.78, 5) is 2.16. The Hall–Kier alpha value is -1.06. The fourth-order valence-electron chi connectivity index (χ4n) is 1.51. The number of likely N-dealkylation sites (N-methyl/N-ethyl adjacent to an activating group) is 1. The molecule has 0 saturated heterocycles. The van der Waals surface area contributed by atoms with Crippen LogP contribution in [-0.2, 0) is 6.42 Å². The van der Waals surface area contributed by atoms with Crippen LogP contribution in [0.15, 0.2) is 24.3 Å². The summed E-state index contributed by atoms with van der Waals surface area (Å²) in [7, 11) is 5.79. The normalized spacial score (nSPS) is 12.9. The molecule has 0 saturated carbocycles. The lowest BCUT2D eigenvalue weighted by Crippen LogP contribution is -2.36. The second-order valence-electron chi connectivity index (χ2n) is 3.91. The second-order valence-corrected chi connectivity index (χ2v) is 3.91. The molecule has 15 heavy (non-hydrogen) atoms. The van der Waals surface area contributed by atoms with E-state index in [1.54, 1.807) is 7.11 Å². The van der Waals surface area contributed by atoms with Gasteiger partial charge in [-0.1, -0.05) is 12.1 Å². The summed E-state index contributed by atoms with van der Waals surface area (Å²) in [6, 6.07) is 8.55. The van der Waals surface area contributed by atoms with Gasteiger partial charge in [0.15, 0.2) is 0 Å². The van der Waals surface area contributed by atoms with Gasteiger partial charge < -0.3 is 15.4 Å². The predicted molar refractivity (Wildman–Crippen MR) is 63.2 cm³/mol. The number of rotatable bonds is 5. The average molecular weight is 208 g/mol. The van der Waals surface area contributed by atoms with E-state index in [9.17, 15) is 0 Å². The van der Waals surface area contributed by atoms with Crippen LogP contribution in [0.1, 0.15) is 5.56 Å². The standard InChI is InChI=1S/C12H20N2O/c1-14(2)11(9-13)8-10-4-6-12(15-3)7-5-10/h4-7,11H,8-9,13H2,1-3H3. The molecule has 0 radical (unpaired) electrons. The lowest BCUT2D eigenvalue weighted by Gasteiger charge is -2.22. The Balaban J connectivity index is 2.63. The zero-order valence-corrected chi connectivity index (χ0v) is 9.73. The van der Waals surface area contributed by atoms with Crippen molar-refractivity contribution in [3.05, 3.63) is 29.8 Å². The van der Waals surface area contributed by atoms with Crippen LogP contribution in [0.4, 0.5) is 0 Å². The van der Waals surface area contributed by atoms with E-state index in [0.29, 0.717) is 12.6 Å². The molecular weight excluding hydrogens is 188 g/mol. The second kappa shape index (κ2) is 5.73. The summed E-state index contributed by atoms with van der Waals surface area (Å²) in [6.07, 6.45) is 0.980. The van der Waals surface area contributed by atoms with Crippen molar-refractivity contribution >= 4 is 0 Å². The molecule has 1 atom stereocenters. The lowest BCUT2D eigenvalue weighted by atomic mass is 10.1. The van der Waals surface area contributed by atoms with Crippen LogP contribution in [-0.4, -0.2) is 38.7 Å². The lowest BCUT2D eigenvalue weighted by molar-refractivity contribution is 0.298. The van der Waals surface area contributed by atoms with Gasteiger partial charge in [0.05, 0.1) is 7.11 Å². The first kappa shape index (κ1) is 12.0. The van der Waals surface area contributed by atoms with Gasteiger partial charge in [0.2, 0.25) is 0 Å². The van der Waals surface area contributed by atoms with Crippen LogP contribution >= 0.6 is 0 Å². The molecule has 1 rings (SSSR count). The Morgan fingerprint density at radius 1 is 1.27 bits per heavy atom. The van der Waals surface area contributed by atoms with Crippen molar-refractivity contribution in [3.8, 4) is 5.75 Å². The van der Waals surface area contributed by atoms with Crippen LogP contribution in [0.25, 0.3) is 0 Å². The van der Waals surface area contributed by atoms with E-state index in [-0.39, 0.29) is 0 Å². The van der Waals surface area contributed by atoms with Crippen LogP contribution in [0.5, 0.6) is 5.75 Å². The highest BCUT2D eigenvalue weighted by Gasteiger charge is 2.09. The minimum atomic E-state index is 0.401. The first-order valence-electron chi connectivity index (χ1n) is 5.16. The molecule has 1 aromatic rings. The van der Waals surface area contributed by atoms with Crippen LogP contribution < -0.4 is 10.5 Å². The average Bonchev–Trinajstić information content (AvgIpc) is 2.26. The molecule has 0 heterocycles. The van der Waals surface area contributed by atoms with Gasteiger partial charge in [0.1, 0.15) is 5.75 Å². The largest absolute Gasteiger partial charge is 0.497 e. The number of methoxy groups -OCH3 is 1. The van der Waals surface area contributed by atoms with Crippen molar-refractivity contribution in [3.63, 3.8) is 0 Å². The molecule has 1 aromatic carbocycles. The smallest absolute Gasteiger partial charge is 0.118 e. The van der Waals surface area contributed by atoms with E-state index in [0.717, 1.165) is 12.2 Å². The zero-order chi connectivity index (χ0) is 11.3. The summed E-state index contributed by atoms with van der Waals surface area (Å²) in [5.41, 5.74) is 7.00. The number of hydrogen-bond donors (Lipinski definition) is 1. The van der Waals surface area contributed by atoms with Crippen molar-refractivity contribution < 1.29 is 4.74 Å². The fourth-order valence-corrected chi connectivity index (χ4v) is 1.51. The summed E-state index contributed by atoms with van der Waals surface area (Å²) >= 11 is 0. The van der Waals surface area contributed by atoms with E-state index in [1.807, 2.05) is 12.1 Å². The number of nitrogens with zero attached hydrogens (tertiary/aromatic N) is 1. The molecule has 0 amide bonds. The molecule has 0 aromatic heterocycles. The van der Waals surface area contributed by atoms with Crippen LogP contribution in [0, 0.1) is 0 Å². The fraction of sp³-hybridized carbons (Fsp3) is 0.500. The number of benzene rings is 1. The van der Waals surface area contributed by atoms with Crippen molar-refractivity contribution in [2.75, 3.05) is 27.7 Å². The van der Waals surface area contributed by atoms with Gasteiger partial charge in [-0.05, 0) is 38.2 Å². The molecule has 3 nitrogen and oxygen atoms in total. The highest BCUT2D eigenvalue weighted by atomic mass is 16.5. The Morgan fingerprint density at radius 3 is 2.27 bits per heavy atom. The van der Waals surface area contributed by atoms with Gasteiger partial charge in [-0.25, -0.2) is 0 Å². The van der Waals surface area contributed by atoms with Crippen LogP contribution in [0.2, 0.25) is 0 Å². The summed E-state index contributed by atoms with van der Waals surface area (Å²) in [5, 5.41) is 0. The molecule has 2 N–H and O–H groups in total. The van der Waals surface area contributed by atoms with E-state index in [1.165, 1.54) is 5.56 Å². The quantitative estimate of drug-likeness (QED) is 0.788. The maximum Gasteiger partial charge on any atom is 0.118 e. The Labute approximate surface area is 91.8 Å². The van der Waals surface area contributed by atoms with Crippen LogP contribution in [0.3, 0.4) is 0 Å².